The van der Waals surface area contributed by atoms with Gasteiger partial charge < -0.3 is 4.74 Å². The highest BCUT2D eigenvalue weighted by Crippen LogP contribution is 2.44. The highest BCUT2D eigenvalue weighted by Gasteiger charge is 2.37. The van der Waals surface area contributed by atoms with Gasteiger partial charge in [0.25, 0.3) is 0 Å². The average Bonchev–Trinajstić information content (AvgIpc) is 2.76. The summed E-state index contributed by atoms with van der Waals surface area (Å²) in [5.41, 5.74) is 4.68. The van der Waals surface area contributed by atoms with Crippen LogP contribution in [0.4, 0.5) is 0 Å². The molecule has 0 N–H and O–H groups in total. The Bertz CT molecular complexity index is 698. The van der Waals surface area contributed by atoms with Crippen LogP contribution in [0, 0.1) is 0 Å². The van der Waals surface area contributed by atoms with Crippen LogP contribution < -0.4 is 0 Å². The Morgan fingerprint density at radius 1 is 1.35 bits per heavy atom. The summed E-state index contributed by atoms with van der Waals surface area (Å²) in [5.74, 6) is -0.339. The monoisotopic (exact) mass is 270 g/mol. The summed E-state index contributed by atoms with van der Waals surface area (Å²) in [4.78, 5) is 12.1. The normalized spacial score (nSPS) is 15.4. The Morgan fingerprint density at radius 2 is 2.05 bits per heavy atom. The lowest BCUT2D eigenvalue weighted by molar-refractivity contribution is 0.0589. The number of ether oxygens (including phenoxy) is 1. The zero-order valence-corrected chi connectivity index (χ0v) is 12.2. The van der Waals surface area contributed by atoms with E-state index in [4.69, 9.17) is 4.74 Å². The van der Waals surface area contributed by atoms with Crippen LogP contribution in [-0.4, -0.2) is 22.9 Å². The molecule has 0 aliphatic heterocycles. The van der Waals surface area contributed by atoms with E-state index in [0.29, 0.717) is 5.69 Å². The van der Waals surface area contributed by atoms with Crippen LogP contribution >= 0.6 is 0 Å². The number of nitrogens with zero attached hydrogens (tertiary/aromatic N) is 2. The lowest BCUT2D eigenvalue weighted by atomic mass is 9.73. The van der Waals surface area contributed by atoms with Crippen molar-refractivity contribution < 1.29 is 9.53 Å². The van der Waals surface area contributed by atoms with Gasteiger partial charge in [-0.2, -0.15) is 5.10 Å². The number of benzene rings is 1. The molecule has 1 aliphatic rings. The van der Waals surface area contributed by atoms with Crippen molar-refractivity contribution in [2.45, 2.75) is 25.7 Å². The van der Waals surface area contributed by atoms with Gasteiger partial charge in [-0.1, -0.05) is 38.1 Å². The highest BCUT2D eigenvalue weighted by molar-refractivity contribution is 5.97. The first-order chi connectivity index (χ1) is 9.45. The number of aryl methyl sites for hydroxylation is 1. The molecule has 0 fully saturated rings. The third kappa shape index (κ3) is 1.68. The third-order valence-corrected chi connectivity index (χ3v) is 3.99. The summed E-state index contributed by atoms with van der Waals surface area (Å²) in [6.07, 6.45) is 0.924. The molecular formula is C16H18N2O2. The van der Waals surface area contributed by atoms with E-state index < -0.39 is 0 Å². The predicted molar refractivity (Wildman–Crippen MR) is 76.7 cm³/mol. The number of rotatable bonds is 1. The molecule has 0 radical (unpaired) electrons. The van der Waals surface area contributed by atoms with Gasteiger partial charge in [0.1, 0.15) is 0 Å². The molecule has 1 aromatic carbocycles. The average molecular weight is 270 g/mol. The van der Waals surface area contributed by atoms with E-state index in [1.54, 1.807) is 11.7 Å². The first-order valence-corrected chi connectivity index (χ1v) is 6.70. The van der Waals surface area contributed by atoms with E-state index in [9.17, 15) is 4.79 Å². The minimum atomic E-state index is -0.339. The highest BCUT2D eigenvalue weighted by atomic mass is 16.5. The molecule has 1 aromatic heterocycles. The number of hydrogen-bond acceptors (Lipinski definition) is 3. The second-order valence-electron chi connectivity index (χ2n) is 5.91. The van der Waals surface area contributed by atoms with Crippen molar-refractivity contribution in [3.8, 4) is 11.1 Å². The number of carbonyl (C=O) groups is 1. The van der Waals surface area contributed by atoms with Gasteiger partial charge in [-0.05, 0) is 17.5 Å². The molecule has 0 saturated heterocycles. The van der Waals surface area contributed by atoms with Crippen LogP contribution in [-0.2, 0) is 23.6 Å². The fourth-order valence-electron chi connectivity index (χ4n) is 3.06. The third-order valence-electron chi connectivity index (χ3n) is 3.99. The molecule has 0 amide bonds. The molecule has 104 valence electrons. The van der Waals surface area contributed by atoms with E-state index in [-0.39, 0.29) is 11.4 Å². The minimum Gasteiger partial charge on any atom is -0.464 e. The number of methoxy groups -OCH3 is 1. The smallest absolute Gasteiger partial charge is 0.356 e. The molecule has 4 heteroatoms. The standard InChI is InChI=1S/C16H18N2O2/c1-16(2)9-10-7-5-6-8-11(10)12-13(15(19)20-4)18(3)17-14(12)16/h5-8H,9H2,1-4H3. The molecule has 1 aliphatic carbocycles. The van der Waals surface area contributed by atoms with Crippen LogP contribution in [0.2, 0.25) is 0 Å². The Kier molecular flexibility index (Phi) is 2.71. The van der Waals surface area contributed by atoms with Gasteiger partial charge in [-0.25, -0.2) is 4.79 Å². The lowest BCUT2D eigenvalue weighted by Gasteiger charge is -2.30. The molecule has 4 nitrogen and oxygen atoms in total. The fourth-order valence-corrected chi connectivity index (χ4v) is 3.06. The maximum Gasteiger partial charge on any atom is 0.356 e. The van der Waals surface area contributed by atoms with Crippen LogP contribution in [0.25, 0.3) is 11.1 Å². The second kappa shape index (κ2) is 4.20. The molecular weight excluding hydrogens is 252 g/mol. The molecule has 0 atom stereocenters. The van der Waals surface area contributed by atoms with E-state index in [2.05, 4.69) is 31.1 Å². The Morgan fingerprint density at radius 3 is 2.75 bits per heavy atom. The van der Waals surface area contributed by atoms with E-state index in [1.807, 2.05) is 12.1 Å². The van der Waals surface area contributed by atoms with E-state index in [1.165, 1.54) is 12.7 Å². The SMILES string of the molecule is COC(=O)c1c2c(nn1C)C(C)(C)Cc1ccccc1-2. The fraction of sp³-hybridized carbons (Fsp3) is 0.375. The zero-order valence-electron chi connectivity index (χ0n) is 12.2. The second-order valence-corrected chi connectivity index (χ2v) is 5.91. The number of aromatic nitrogens is 2. The van der Waals surface area contributed by atoms with E-state index >= 15 is 0 Å². The first kappa shape index (κ1) is 12.9. The Hall–Kier alpha value is -2.10. The Labute approximate surface area is 118 Å². The molecule has 1 heterocycles. The number of carbonyl (C=O) groups excluding carboxylic acids is 1. The van der Waals surface area contributed by atoms with Crippen molar-refractivity contribution in [2.75, 3.05) is 7.11 Å². The molecule has 2 aromatic rings. The van der Waals surface area contributed by atoms with Crippen molar-refractivity contribution in [1.82, 2.24) is 9.78 Å². The van der Waals surface area contributed by atoms with Gasteiger partial charge in [0.05, 0.1) is 12.8 Å². The molecule has 0 spiro atoms. The molecule has 3 rings (SSSR count). The van der Waals surface area contributed by atoms with E-state index in [0.717, 1.165) is 23.2 Å². The first-order valence-electron chi connectivity index (χ1n) is 6.70. The van der Waals surface area contributed by atoms with Gasteiger partial charge in [-0.15, -0.1) is 0 Å². The summed E-state index contributed by atoms with van der Waals surface area (Å²) >= 11 is 0. The van der Waals surface area contributed by atoms with Crippen molar-refractivity contribution in [1.29, 1.82) is 0 Å². The summed E-state index contributed by atoms with van der Waals surface area (Å²) in [7, 11) is 3.20. The van der Waals surface area contributed by atoms with Crippen molar-refractivity contribution in [2.24, 2.45) is 7.05 Å². The van der Waals surface area contributed by atoms with Gasteiger partial charge in [0.2, 0.25) is 0 Å². The lowest BCUT2D eigenvalue weighted by Crippen LogP contribution is -2.26. The molecule has 0 bridgehead atoms. The number of esters is 1. The van der Waals surface area contributed by atoms with Crippen LogP contribution in [0.1, 0.15) is 35.6 Å². The maximum absolute atomic E-state index is 12.1. The molecule has 0 saturated carbocycles. The van der Waals surface area contributed by atoms with Gasteiger partial charge in [-0.3, -0.25) is 4.68 Å². The van der Waals surface area contributed by atoms with Crippen LogP contribution in [0.3, 0.4) is 0 Å². The van der Waals surface area contributed by atoms with Gasteiger partial charge >= 0.3 is 5.97 Å². The summed E-state index contributed by atoms with van der Waals surface area (Å²) in [6.45, 7) is 4.33. The number of fused-ring (bicyclic) bond motifs is 3. The largest absolute Gasteiger partial charge is 0.464 e. The topological polar surface area (TPSA) is 44.1 Å². The summed E-state index contributed by atoms with van der Waals surface area (Å²) < 4.78 is 6.56. The number of hydrogen-bond donors (Lipinski definition) is 0. The predicted octanol–water partition coefficient (Wildman–Crippen LogP) is 2.71. The van der Waals surface area contributed by atoms with Crippen molar-refractivity contribution >= 4 is 5.97 Å². The molecule has 0 unspecified atom stereocenters. The quantitative estimate of drug-likeness (QED) is 0.748. The molecule has 20 heavy (non-hydrogen) atoms. The summed E-state index contributed by atoms with van der Waals surface area (Å²) in [6, 6.07) is 8.20. The minimum absolute atomic E-state index is 0.0896. The zero-order chi connectivity index (χ0) is 14.5. The maximum atomic E-state index is 12.1. The van der Waals surface area contributed by atoms with Crippen LogP contribution in [0.15, 0.2) is 24.3 Å². The van der Waals surface area contributed by atoms with Gasteiger partial charge in [0.15, 0.2) is 5.69 Å². The van der Waals surface area contributed by atoms with Gasteiger partial charge in [0, 0.05) is 18.0 Å². The van der Waals surface area contributed by atoms with Crippen molar-refractivity contribution in [3.63, 3.8) is 0 Å². The van der Waals surface area contributed by atoms with Crippen LogP contribution in [0.5, 0.6) is 0 Å². The van der Waals surface area contributed by atoms with Crippen molar-refractivity contribution in [3.05, 3.63) is 41.2 Å². The Balaban J connectivity index is 2.36. The summed E-state index contributed by atoms with van der Waals surface area (Å²) in [5, 5.41) is 4.59.